The van der Waals surface area contributed by atoms with E-state index >= 15 is 0 Å². The monoisotopic (exact) mass is 470 g/mol. The summed E-state index contributed by atoms with van der Waals surface area (Å²) in [6, 6.07) is 16.2. The van der Waals surface area contributed by atoms with Crippen LogP contribution in [0.2, 0.25) is 0 Å². The number of methoxy groups -OCH3 is 1. The molecule has 9 heteroatoms. The number of esters is 1. The molecular weight excluding hydrogens is 452 g/mol. The highest BCUT2D eigenvalue weighted by molar-refractivity contribution is 9.10. The second kappa shape index (κ2) is 9.84. The maximum atomic E-state index is 12.5. The predicted octanol–water partition coefficient (Wildman–Crippen LogP) is 2.92. The summed E-state index contributed by atoms with van der Waals surface area (Å²) < 4.78 is 5.43. The molecule has 3 rings (SSSR count). The zero-order valence-corrected chi connectivity index (χ0v) is 17.7. The number of carbonyl (C=O) groups excluding carboxylic acids is 3. The number of halogens is 1. The molecule has 0 unspecified atom stereocenters. The number of aromatic nitrogens is 2. The number of carbonyl (C=O) groups is 3. The van der Waals surface area contributed by atoms with Gasteiger partial charge in [0.1, 0.15) is 12.2 Å². The Morgan fingerprint density at radius 1 is 1.07 bits per heavy atom. The van der Waals surface area contributed by atoms with E-state index in [-0.39, 0.29) is 24.8 Å². The molecule has 0 aliphatic carbocycles. The third-order valence-electron chi connectivity index (χ3n) is 4.20. The predicted molar refractivity (Wildman–Crippen MR) is 115 cm³/mol. The number of nitrogens with zero attached hydrogens (tertiary/aromatic N) is 1. The first-order valence-electron chi connectivity index (χ1n) is 9.00. The van der Waals surface area contributed by atoms with E-state index in [1.807, 2.05) is 24.3 Å². The molecule has 0 saturated heterocycles. The Morgan fingerprint density at radius 2 is 1.77 bits per heavy atom. The zero-order chi connectivity index (χ0) is 21.5. The molecule has 154 valence electrons. The van der Waals surface area contributed by atoms with Crippen molar-refractivity contribution in [1.82, 2.24) is 15.5 Å². The number of hydrogen-bond donors (Lipinski definition) is 3. The second-order valence-corrected chi connectivity index (χ2v) is 7.27. The van der Waals surface area contributed by atoms with Gasteiger partial charge in [0, 0.05) is 15.7 Å². The van der Waals surface area contributed by atoms with Gasteiger partial charge in [-0.3, -0.25) is 19.5 Å². The molecule has 0 saturated carbocycles. The first-order valence-corrected chi connectivity index (χ1v) is 9.79. The third kappa shape index (κ3) is 5.77. The highest BCUT2D eigenvalue weighted by Gasteiger charge is 2.12. The third-order valence-corrected chi connectivity index (χ3v) is 4.73. The minimum absolute atomic E-state index is 0.113. The molecule has 0 bridgehead atoms. The highest BCUT2D eigenvalue weighted by atomic mass is 79.9. The van der Waals surface area contributed by atoms with Crippen LogP contribution in [0.4, 0.5) is 5.69 Å². The number of rotatable bonds is 7. The largest absolute Gasteiger partial charge is 0.468 e. The summed E-state index contributed by atoms with van der Waals surface area (Å²) in [4.78, 5) is 35.3. The number of ether oxygens (including phenoxy) is 1. The van der Waals surface area contributed by atoms with Gasteiger partial charge in [0.15, 0.2) is 0 Å². The average molecular weight is 471 g/mol. The fraction of sp³-hybridized carbons (Fsp3) is 0.143. The Labute approximate surface area is 181 Å². The fourth-order valence-electron chi connectivity index (χ4n) is 2.60. The van der Waals surface area contributed by atoms with Crippen molar-refractivity contribution in [3.8, 4) is 11.3 Å². The van der Waals surface area contributed by atoms with Gasteiger partial charge in [-0.05, 0) is 35.9 Å². The summed E-state index contributed by atoms with van der Waals surface area (Å²) in [6.07, 6.45) is 0.113. The number of aromatic amines is 1. The van der Waals surface area contributed by atoms with Crippen LogP contribution in [0.5, 0.6) is 0 Å². The summed E-state index contributed by atoms with van der Waals surface area (Å²) >= 11 is 3.38. The van der Waals surface area contributed by atoms with Gasteiger partial charge >= 0.3 is 5.97 Å². The van der Waals surface area contributed by atoms with Crippen molar-refractivity contribution in [2.75, 3.05) is 19.0 Å². The lowest BCUT2D eigenvalue weighted by molar-refractivity contribution is -0.141. The van der Waals surface area contributed by atoms with Crippen LogP contribution in [0, 0.1) is 0 Å². The van der Waals surface area contributed by atoms with E-state index in [1.54, 1.807) is 30.3 Å². The standard InChI is InChI=1S/C21H19BrN4O4/c1-30-20(28)12-23-19(27)10-13-2-8-16(9-3-13)24-21(29)18-11-17(25-26-18)14-4-6-15(22)7-5-14/h2-9,11H,10,12H2,1H3,(H,23,27)(H,24,29)(H,25,26). The summed E-state index contributed by atoms with van der Waals surface area (Å²) in [5.74, 6) is -1.13. The highest BCUT2D eigenvalue weighted by Crippen LogP contribution is 2.21. The van der Waals surface area contributed by atoms with Crippen LogP contribution < -0.4 is 10.6 Å². The number of amides is 2. The van der Waals surface area contributed by atoms with E-state index in [9.17, 15) is 14.4 Å². The fourth-order valence-corrected chi connectivity index (χ4v) is 2.87. The van der Waals surface area contributed by atoms with Crippen molar-refractivity contribution in [3.63, 3.8) is 0 Å². The normalized spacial score (nSPS) is 10.3. The second-order valence-electron chi connectivity index (χ2n) is 6.35. The quantitative estimate of drug-likeness (QED) is 0.459. The first kappa shape index (κ1) is 21.3. The minimum atomic E-state index is -0.511. The molecule has 1 aromatic heterocycles. The Bertz CT molecular complexity index is 1050. The lowest BCUT2D eigenvalue weighted by Crippen LogP contribution is -2.31. The van der Waals surface area contributed by atoms with Crippen LogP contribution in [0.3, 0.4) is 0 Å². The molecule has 8 nitrogen and oxygen atoms in total. The van der Waals surface area contributed by atoms with Crippen molar-refractivity contribution < 1.29 is 19.1 Å². The van der Waals surface area contributed by atoms with Crippen LogP contribution in [0.25, 0.3) is 11.3 Å². The smallest absolute Gasteiger partial charge is 0.325 e. The van der Waals surface area contributed by atoms with Gasteiger partial charge < -0.3 is 15.4 Å². The maximum absolute atomic E-state index is 12.5. The topological polar surface area (TPSA) is 113 Å². The average Bonchev–Trinajstić information content (AvgIpc) is 3.24. The van der Waals surface area contributed by atoms with E-state index in [1.165, 1.54) is 7.11 Å². The molecule has 1 heterocycles. The van der Waals surface area contributed by atoms with Gasteiger partial charge in [0.25, 0.3) is 5.91 Å². The van der Waals surface area contributed by atoms with Gasteiger partial charge in [-0.15, -0.1) is 0 Å². The minimum Gasteiger partial charge on any atom is -0.468 e. The number of benzene rings is 2. The molecule has 0 spiro atoms. The molecule has 0 radical (unpaired) electrons. The summed E-state index contributed by atoms with van der Waals surface area (Å²) in [5.41, 5.74) is 3.22. The van der Waals surface area contributed by atoms with Gasteiger partial charge in [-0.25, -0.2) is 0 Å². The molecule has 3 aromatic rings. The van der Waals surface area contributed by atoms with Crippen LogP contribution in [0.15, 0.2) is 59.1 Å². The Morgan fingerprint density at radius 3 is 2.43 bits per heavy atom. The van der Waals surface area contributed by atoms with Gasteiger partial charge in [0.05, 0.1) is 19.2 Å². The van der Waals surface area contributed by atoms with Crippen LogP contribution >= 0.6 is 15.9 Å². The molecule has 0 fully saturated rings. The van der Waals surface area contributed by atoms with Crippen LogP contribution in [-0.4, -0.2) is 41.6 Å². The summed E-state index contributed by atoms with van der Waals surface area (Å²) in [6.45, 7) is -0.171. The molecule has 0 aliphatic rings. The lowest BCUT2D eigenvalue weighted by Gasteiger charge is -2.06. The van der Waals surface area contributed by atoms with Crippen molar-refractivity contribution in [2.45, 2.75) is 6.42 Å². The first-order chi connectivity index (χ1) is 14.4. The van der Waals surface area contributed by atoms with Crippen molar-refractivity contribution in [1.29, 1.82) is 0 Å². The van der Waals surface area contributed by atoms with E-state index < -0.39 is 5.97 Å². The molecule has 2 aromatic carbocycles. The number of hydrogen-bond acceptors (Lipinski definition) is 5. The zero-order valence-electron chi connectivity index (χ0n) is 16.1. The van der Waals surface area contributed by atoms with Crippen molar-refractivity contribution in [2.24, 2.45) is 0 Å². The van der Waals surface area contributed by atoms with Crippen LogP contribution in [-0.2, 0) is 20.7 Å². The van der Waals surface area contributed by atoms with E-state index in [0.717, 1.165) is 15.6 Å². The molecule has 0 aliphatic heterocycles. The molecule has 2 amide bonds. The number of nitrogens with one attached hydrogen (secondary N) is 3. The Hall–Kier alpha value is -3.46. The van der Waals surface area contributed by atoms with Crippen molar-refractivity contribution >= 4 is 39.4 Å². The Balaban J connectivity index is 1.56. The van der Waals surface area contributed by atoms with Gasteiger partial charge in [-0.2, -0.15) is 5.10 Å². The number of anilines is 1. The SMILES string of the molecule is COC(=O)CNC(=O)Cc1ccc(NC(=O)c2cc(-c3ccc(Br)cc3)n[nH]2)cc1. The maximum Gasteiger partial charge on any atom is 0.325 e. The molecule has 0 atom stereocenters. The van der Waals surface area contributed by atoms with Gasteiger partial charge in [-0.1, -0.05) is 40.2 Å². The lowest BCUT2D eigenvalue weighted by atomic mass is 10.1. The molecule has 3 N–H and O–H groups in total. The Kier molecular flexibility index (Phi) is 6.97. The van der Waals surface area contributed by atoms with Crippen LogP contribution in [0.1, 0.15) is 16.1 Å². The van der Waals surface area contributed by atoms with E-state index in [0.29, 0.717) is 17.1 Å². The van der Waals surface area contributed by atoms with E-state index in [4.69, 9.17) is 0 Å². The molecular formula is C21H19BrN4O4. The summed E-state index contributed by atoms with van der Waals surface area (Å²) in [5, 5.41) is 12.2. The van der Waals surface area contributed by atoms with Crippen molar-refractivity contribution in [3.05, 3.63) is 70.3 Å². The van der Waals surface area contributed by atoms with Gasteiger partial charge in [0.2, 0.25) is 5.91 Å². The molecule has 30 heavy (non-hydrogen) atoms. The van der Waals surface area contributed by atoms with E-state index in [2.05, 4.69) is 41.5 Å². The summed E-state index contributed by atoms with van der Waals surface area (Å²) in [7, 11) is 1.26. The number of H-pyrrole nitrogens is 1.